The van der Waals surface area contributed by atoms with Crippen molar-refractivity contribution in [3.05, 3.63) is 44.6 Å². The number of nitrogens with zero attached hydrogens (tertiary/aromatic N) is 3. The highest BCUT2D eigenvalue weighted by Gasteiger charge is 2.24. The van der Waals surface area contributed by atoms with Crippen molar-refractivity contribution in [1.29, 1.82) is 0 Å². The first kappa shape index (κ1) is 15.2. The standard InChI is InChI=1S/C13H14FN3O3S/c1-16(5-3-12-15-4-6-21-12)11-8-9(20-2)7-10(14)13(11)17(18)19/h4,6-8H,3,5H2,1-2H3. The highest BCUT2D eigenvalue weighted by Crippen LogP contribution is 2.34. The number of methoxy groups -OCH3 is 1. The second kappa shape index (κ2) is 6.49. The first-order valence-corrected chi connectivity index (χ1v) is 7.02. The Labute approximate surface area is 125 Å². The van der Waals surface area contributed by atoms with Gasteiger partial charge in [-0.15, -0.1) is 11.3 Å². The maximum absolute atomic E-state index is 13.9. The number of halogens is 1. The van der Waals surface area contributed by atoms with E-state index in [0.717, 1.165) is 11.1 Å². The van der Waals surface area contributed by atoms with E-state index in [0.29, 0.717) is 13.0 Å². The molecule has 0 spiro atoms. The van der Waals surface area contributed by atoms with E-state index < -0.39 is 16.4 Å². The summed E-state index contributed by atoms with van der Waals surface area (Å²) in [7, 11) is 3.06. The molecule has 1 heterocycles. The highest BCUT2D eigenvalue weighted by molar-refractivity contribution is 7.09. The zero-order valence-electron chi connectivity index (χ0n) is 11.6. The topological polar surface area (TPSA) is 68.5 Å². The van der Waals surface area contributed by atoms with Crippen molar-refractivity contribution >= 4 is 22.7 Å². The van der Waals surface area contributed by atoms with Crippen LogP contribution in [-0.2, 0) is 6.42 Å². The van der Waals surface area contributed by atoms with Gasteiger partial charge in [-0.1, -0.05) is 0 Å². The monoisotopic (exact) mass is 311 g/mol. The Morgan fingerprint density at radius 3 is 2.86 bits per heavy atom. The molecule has 0 fully saturated rings. The molecule has 0 atom stereocenters. The van der Waals surface area contributed by atoms with Crippen LogP contribution in [0.1, 0.15) is 5.01 Å². The van der Waals surface area contributed by atoms with Gasteiger partial charge < -0.3 is 9.64 Å². The molecule has 0 aliphatic carbocycles. The van der Waals surface area contributed by atoms with Gasteiger partial charge in [0.15, 0.2) is 0 Å². The Morgan fingerprint density at radius 2 is 2.29 bits per heavy atom. The third-order valence-corrected chi connectivity index (χ3v) is 3.83. The van der Waals surface area contributed by atoms with Gasteiger partial charge in [-0.3, -0.25) is 10.1 Å². The maximum atomic E-state index is 13.9. The predicted octanol–water partition coefficient (Wildman–Crippen LogP) is 2.88. The van der Waals surface area contributed by atoms with Gasteiger partial charge in [0.05, 0.1) is 17.0 Å². The van der Waals surface area contributed by atoms with Crippen LogP contribution in [0.5, 0.6) is 5.75 Å². The average molecular weight is 311 g/mol. The Kier molecular flexibility index (Phi) is 4.69. The van der Waals surface area contributed by atoms with Crippen molar-refractivity contribution in [3.8, 4) is 5.75 Å². The number of hydrogen-bond acceptors (Lipinski definition) is 6. The van der Waals surface area contributed by atoms with Crippen molar-refractivity contribution in [2.45, 2.75) is 6.42 Å². The SMILES string of the molecule is COc1cc(F)c([N+](=O)[O-])c(N(C)CCc2nccs2)c1. The third-order valence-electron chi connectivity index (χ3n) is 2.99. The number of rotatable bonds is 6. The number of nitro groups is 1. The number of ether oxygens (including phenoxy) is 1. The number of nitro benzene ring substituents is 1. The molecule has 0 radical (unpaired) electrons. The molecule has 0 aliphatic rings. The fourth-order valence-corrected chi connectivity index (χ4v) is 2.52. The molecule has 0 saturated heterocycles. The summed E-state index contributed by atoms with van der Waals surface area (Å²) in [4.78, 5) is 16.1. The Morgan fingerprint density at radius 1 is 1.52 bits per heavy atom. The molecule has 0 bridgehead atoms. The van der Waals surface area contributed by atoms with Crippen molar-refractivity contribution in [3.63, 3.8) is 0 Å². The zero-order valence-corrected chi connectivity index (χ0v) is 12.4. The molecule has 0 N–H and O–H groups in total. The van der Waals surface area contributed by atoms with Crippen LogP contribution in [-0.4, -0.2) is 30.6 Å². The molecule has 8 heteroatoms. The summed E-state index contributed by atoms with van der Waals surface area (Å²) in [6, 6.07) is 2.47. The summed E-state index contributed by atoms with van der Waals surface area (Å²) < 4.78 is 18.8. The average Bonchev–Trinajstić information content (AvgIpc) is 2.96. The second-order valence-electron chi connectivity index (χ2n) is 4.33. The van der Waals surface area contributed by atoms with E-state index >= 15 is 0 Å². The lowest BCUT2D eigenvalue weighted by Crippen LogP contribution is -2.21. The van der Waals surface area contributed by atoms with Crippen LogP contribution in [0.25, 0.3) is 0 Å². The molecule has 0 unspecified atom stereocenters. The molecule has 1 aromatic carbocycles. The van der Waals surface area contributed by atoms with Gasteiger partial charge in [-0.05, 0) is 0 Å². The molecule has 2 aromatic rings. The van der Waals surface area contributed by atoms with Crippen LogP contribution < -0.4 is 9.64 Å². The third kappa shape index (κ3) is 3.46. The summed E-state index contributed by atoms with van der Waals surface area (Å²) >= 11 is 1.51. The quantitative estimate of drug-likeness (QED) is 0.606. The van der Waals surface area contributed by atoms with E-state index in [1.165, 1.54) is 24.5 Å². The lowest BCUT2D eigenvalue weighted by atomic mass is 10.2. The van der Waals surface area contributed by atoms with E-state index in [2.05, 4.69) is 4.98 Å². The molecule has 2 rings (SSSR count). The highest BCUT2D eigenvalue weighted by atomic mass is 32.1. The number of thiazole rings is 1. The lowest BCUT2D eigenvalue weighted by Gasteiger charge is -2.19. The van der Waals surface area contributed by atoms with Gasteiger partial charge in [0.1, 0.15) is 11.4 Å². The van der Waals surface area contributed by atoms with Gasteiger partial charge in [0.2, 0.25) is 5.82 Å². The van der Waals surface area contributed by atoms with E-state index in [1.807, 2.05) is 5.38 Å². The summed E-state index contributed by atoms with van der Waals surface area (Å²) in [6.07, 6.45) is 2.33. The maximum Gasteiger partial charge on any atom is 0.328 e. The normalized spacial score (nSPS) is 10.4. The van der Waals surface area contributed by atoms with E-state index in [-0.39, 0.29) is 11.4 Å². The molecular formula is C13H14FN3O3S. The van der Waals surface area contributed by atoms with Crippen LogP contribution in [0.15, 0.2) is 23.7 Å². The van der Waals surface area contributed by atoms with Gasteiger partial charge in [0, 0.05) is 43.7 Å². The van der Waals surface area contributed by atoms with Crippen LogP contribution in [0, 0.1) is 15.9 Å². The van der Waals surface area contributed by atoms with Gasteiger partial charge in [-0.2, -0.15) is 4.39 Å². The van der Waals surface area contributed by atoms with E-state index in [1.54, 1.807) is 18.1 Å². The van der Waals surface area contributed by atoms with Crippen LogP contribution in [0.3, 0.4) is 0 Å². The first-order chi connectivity index (χ1) is 10.0. The molecule has 21 heavy (non-hydrogen) atoms. The van der Waals surface area contributed by atoms with Crippen molar-refractivity contribution in [2.75, 3.05) is 25.6 Å². The summed E-state index contributed by atoms with van der Waals surface area (Å²) in [5.74, 6) is -0.662. The summed E-state index contributed by atoms with van der Waals surface area (Å²) in [6.45, 7) is 0.487. The minimum absolute atomic E-state index is 0.188. The van der Waals surface area contributed by atoms with E-state index in [4.69, 9.17) is 4.74 Å². The largest absolute Gasteiger partial charge is 0.497 e. The molecule has 0 saturated carbocycles. The molecule has 6 nitrogen and oxygen atoms in total. The Balaban J connectivity index is 2.27. The fourth-order valence-electron chi connectivity index (χ4n) is 1.91. The van der Waals surface area contributed by atoms with Crippen molar-refractivity contribution in [2.24, 2.45) is 0 Å². The van der Waals surface area contributed by atoms with Gasteiger partial charge in [0.25, 0.3) is 0 Å². The molecule has 112 valence electrons. The van der Waals surface area contributed by atoms with Gasteiger partial charge >= 0.3 is 5.69 Å². The van der Waals surface area contributed by atoms with E-state index in [9.17, 15) is 14.5 Å². The number of aromatic nitrogens is 1. The molecular weight excluding hydrogens is 297 g/mol. The van der Waals surface area contributed by atoms with Crippen molar-refractivity contribution < 1.29 is 14.1 Å². The van der Waals surface area contributed by atoms with Crippen LogP contribution in [0.2, 0.25) is 0 Å². The fraction of sp³-hybridized carbons (Fsp3) is 0.308. The first-order valence-electron chi connectivity index (χ1n) is 6.14. The second-order valence-corrected chi connectivity index (χ2v) is 5.31. The number of hydrogen-bond donors (Lipinski definition) is 0. The lowest BCUT2D eigenvalue weighted by molar-refractivity contribution is -0.386. The van der Waals surface area contributed by atoms with Gasteiger partial charge in [-0.25, -0.2) is 4.98 Å². The summed E-state index contributed by atoms with van der Waals surface area (Å²) in [5.41, 5.74) is -0.356. The zero-order chi connectivity index (χ0) is 15.4. The number of likely N-dealkylation sites (N-methyl/N-ethyl adjacent to an activating group) is 1. The molecule has 1 aromatic heterocycles. The molecule has 0 aliphatic heterocycles. The predicted molar refractivity (Wildman–Crippen MR) is 78.7 cm³/mol. The van der Waals surface area contributed by atoms with Crippen molar-refractivity contribution in [1.82, 2.24) is 4.98 Å². The minimum atomic E-state index is -0.907. The number of benzene rings is 1. The minimum Gasteiger partial charge on any atom is -0.497 e. The summed E-state index contributed by atoms with van der Waals surface area (Å²) in [5, 5.41) is 13.9. The smallest absolute Gasteiger partial charge is 0.328 e. The van der Waals surface area contributed by atoms with Crippen LogP contribution in [0.4, 0.5) is 15.8 Å². The van der Waals surface area contributed by atoms with Crippen LogP contribution >= 0.6 is 11.3 Å². The Hall–Kier alpha value is -2.22. The Bertz CT molecular complexity index is 634. The number of anilines is 1. The molecule has 0 amide bonds.